The molecule has 1 heterocycles. The van der Waals surface area contributed by atoms with Gasteiger partial charge in [0.05, 0.1) is 6.54 Å². The second kappa shape index (κ2) is 7.18. The molecule has 1 aliphatic rings. The van der Waals surface area contributed by atoms with Crippen LogP contribution in [0.5, 0.6) is 0 Å². The summed E-state index contributed by atoms with van der Waals surface area (Å²) < 4.78 is 27.1. The summed E-state index contributed by atoms with van der Waals surface area (Å²) >= 11 is 0. The average molecular weight is 292 g/mol. The van der Waals surface area contributed by atoms with E-state index in [0.717, 1.165) is 17.3 Å². The lowest BCUT2D eigenvalue weighted by Gasteiger charge is -2.26. The Kier molecular flexibility index (Phi) is 6.18. The van der Waals surface area contributed by atoms with E-state index in [2.05, 4.69) is 10.6 Å². The van der Waals surface area contributed by atoms with Crippen LogP contribution in [0.3, 0.4) is 0 Å². The maximum Gasteiger partial charge on any atom is 0.282 e. The fourth-order valence-corrected chi connectivity index (χ4v) is 3.26. The van der Waals surface area contributed by atoms with E-state index >= 15 is 0 Å². The van der Waals surface area contributed by atoms with Crippen molar-refractivity contribution >= 4 is 16.1 Å². The van der Waals surface area contributed by atoms with Crippen LogP contribution in [0.1, 0.15) is 20.3 Å². The van der Waals surface area contributed by atoms with Gasteiger partial charge in [-0.15, -0.1) is 0 Å². The van der Waals surface area contributed by atoms with Crippen molar-refractivity contribution in [2.24, 2.45) is 0 Å². The molecule has 1 amide bonds. The molecule has 0 aliphatic carbocycles. The minimum absolute atomic E-state index is 0.00555. The van der Waals surface area contributed by atoms with Crippen LogP contribution in [0.2, 0.25) is 0 Å². The molecule has 1 aliphatic heterocycles. The molecule has 19 heavy (non-hydrogen) atoms. The largest absolute Gasteiger partial charge is 0.353 e. The van der Waals surface area contributed by atoms with Gasteiger partial charge in [0.15, 0.2) is 0 Å². The van der Waals surface area contributed by atoms with E-state index < -0.39 is 10.2 Å². The molecule has 0 aromatic heterocycles. The number of hydrogen-bond donors (Lipinski definition) is 2. The van der Waals surface area contributed by atoms with Gasteiger partial charge in [-0.05, 0) is 26.8 Å². The molecular weight excluding hydrogens is 268 g/mol. The third-order valence-corrected chi connectivity index (χ3v) is 4.77. The van der Waals surface area contributed by atoms with Gasteiger partial charge in [0.2, 0.25) is 5.91 Å². The van der Waals surface area contributed by atoms with Crippen molar-refractivity contribution in [3.63, 3.8) is 0 Å². The highest BCUT2D eigenvalue weighted by molar-refractivity contribution is 7.86. The Morgan fingerprint density at radius 1 is 1.37 bits per heavy atom. The van der Waals surface area contributed by atoms with Gasteiger partial charge in [-0.2, -0.15) is 17.0 Å². The Bertz CT molecular complexity index is 389. The van der Waals surface area contributed by atoms with Gasteiger partial charge in [-0.1, -0.05) is 0 Å². The summed E-state index contributed by atoms with van der Waals surface area (Å²) in [5.41, 5.74) is 0. The lowest BCUT2D eigenvalue weighted by Crippen LogP contribution is -2.47. The number of carbonyl (C=O) groups is 1. The first-order chi connectivity index (χ1) is 8.84. The van der Waals surface area contributed by atoms with Crippen LogP contribution in [0.15, 0.2) is 0 Å². The minimum Gasteiger partial charge on any atom is -0.353 e. The predicted molar refractivity (Wildman–Crippen MR) is 73.9 cm³/mol. The molecule has 0 unspecified atom stereocenters. The van der Waals surface area contributed by atoms with E-state index in [1.54, 1.807) is 0 Å². The number of amides is 1. The lowest BCUT2D eigenvalue weighted by atomic mass is 10.4. The van der Waals surface area contributed by atoms with Crippen LogP contribution >= 0.6 is 0 Å². The fraction of sp³-hybridized carbons (Fsp3) is 0.909. The van der Waals surface area contributed by atoms with Crippen molar-refractivity contribution in [3.05, 3.63) is 0 Å². The highest BCUT2D eigenvalue weighted by Gasteiger charge is 2.28. The molecule has 0 saturated carbocycles. The average Bonchev–Trinajstić information content (AvgIpc) is 2.56. The molecule has 1 saturated heterocycles. The van der Waals surface area contributed by atoms with E-state index in [0.29, 0.717) is 19.6 Å². The van der Waals surface area contributed by atoms with E-state index in [1.165, 1.54) is 11.4 Å². The number of hydrogen-bond acceptors (Lipinski definition) is 4. The summed E-state index contributed by atoms with van der Waals surface area (Å²) in [7, 11) is -2.11. The third-order valence-electron chi connectivity index (χ3n) is 2.84. The van der Waals surface area contributed by atoms with Crippen LogP contribution in [-0.4, -0.2) is 68.7 Å². The SMILES string of the molecule is CC(C)NC(=O)CN(C)S(=O)(=O)N1CCCNCC1. The smallest absolute Gasteiger partial charge is 0.282 e. The molecule has 7 nitrogen and oxygen atoms in total. The van der Waals surface area contributed by atoms with Gasteiger partial charge in [0.25, 0.3) is 10.2 Å². The normalized spacial score (nSPS) is 18.6. The molecule has 8 heteroatoms. The van der Waals surface area contributed by atoms with Crippen molar-refractivity contribution in [2.45, 2.75) is 26.3 Å². The molecule has 0 aromatic rings. The summed E-state index contributed by atoms with van der Waals surface area (Å²) in [6.45, 7) is 5.93. The van der Waals surface area contributed by atoms with Crippen molar-refractivity contribution < 1.29 is 13.2 Å². The first-order valence-corrected chi connectivity index (χ1v) is 7.95. The Morgan fingerprint density at radius 3 is 2.68 bits per heavy atom. The number of likely N-dealkylation sites (N-methyl/N-ethyl adjacent to an activating group) is 1. The van der Waals surface area contributed by atoms with E-state index in [1.807, 2.05) is 13.8 Å². The Morgan fingerprint density at radius 2 is 2.05 bits per heavy atom. The zero-order valence-electron chi connectivity index (χ0n) is 11.8. The highest BCUT2D eigenvalue weighted by atomic mass is 32.2. The summed E-state index contributed by atoms with van der Waals surface area (Å²) in [5.74, 6) is -0.283. The van der Waals surface area contributed by atoms with Crippen LogP contribution in [0.25, 0.3) is 0 Å². The number of nitrogens with zero attached hydrogens (tertiary/aromatic N) is 2. The van der Waals surface area contributed by atoms with Gasteiger partial charge >= 0.3 is 0 Å². The number of rotatable bonds is 5. The quantitative estimate of drug-likeness (QED) is 0.680. The molecule has 1 rings (SSSR count). The van der Waals surface area contributed by atoms with Crippen molar-refractivity contribution in [1.29, 1.82) is 0 Å². The minimum atomic E-state index is -3.55. The summed E-state index contributed by atoms with van der Waals surface area (Å²) in [6.07, 6.45) is 0.783. The van der Waals surface area contributed by atoms with Crippen LogP contribution in [-0.2, 0) is 15.0 Å². The van der Waals surface area contributed by atoms with Crippen molar-refractivity contribution in [2.75, 3.05) is 39.8 Å². The van der Waals surface area contributed by atoms with Crippen molar-refractivity contribution in [1.82, 2.24) is 19.2 Å². The predicted octanol–water partition coefficient (Wildman–Crippen LogP) is -1.02. The second-order valence-corrected chi connectivity index (χ2v) is 7.02. The van der Waals surface area contributed by atoms with Crippen LogP contribution < -0.4 is 10.6 Å². The number of carbonyl (C=O) groups excluding carboxylic acids is 1. The molecule has 0 atom stereocenters. The Hall–Kier alpha value is -0.700. The molecule has 112 valence electrons. The maximum absolute atomic E-state index is 12.3. The first-order valence-electron chi connectivity index (χ1n) is 6.55. The summed E-state index contributed by atoms with van der Waals surface area (Å²) in [4.78, 5) is 11.6. The number of nitrogens with one attached hydrogen (secondary N) is 2. The summed E-state index contributed by atoms with van der Waals surface area (Å²) in [6, 6.07) is 0.00555. The van der Waals surface area contributed by atoms with Gasteiger partial charge in [-0.3, -0.25) is 4.79 Å². The topological polar surface area (TPSA) is 81.8 Å². The molecule has 0 aromatic carbocycles. The molecule has 0 radical (unpaired) electrons. The molecule has 2 N–H and O–H groups in total. The van der Waals surface area contributed by atoms with Gasteiger partial charge in [-0.25, -0.2) is 0 Å². The zero-order chi connectivity index (χ0) is 14.5. The Balaban J connectivity index is 2.62. The lowest BCUT2D eigenvalue weighted by molar-refractivity contribution is -0.121. The molecule has 0 bridgehead atoms. The van der Waals surface area contributed by atoms with Crippen molar-refractivity contribution in [3.8, 4) is 0 Å². The monoisotopic (exact) mass is 292 g/mol. The highest BCUT2D eigenvalue weighted by Crippen LogP contribution is 2.08. The first kappa shape index (κ1) is 16.4. The standard InChI is InChI=1S/C11H24N4O3S/c1-10(2)13-11(16)9-14(3)19(17,18)15-7-4-5-12-6-8-15/h10,12H,4-9H2,1-3H3,(H,13,16). The zero-order valence-corrected chi connectivity index (χ0v) is 12.7. The molecule has 1 fully saturated rings. The van der Waals surface area contributed by atoms with E-state index in [4.69, 9.17) is 0 Å². The molecule has 0 spiro atoms. The Labute approximate surface area is 115 Å². The maximum atomic E-state index is 12.3. The van der Waals surface area contributed by atoms with Gasteiger partial charge < -0.3 is 10.6 Å². The second-order valence-electron chi connectivity index (χ2n) is 4.99. The van der Waals surface area contributed by atoms with Gasteiger partial charge in [0.1, 0.15) is 0 Å². The van der Waals surface area contributed by atoms with E-state index in [-0.39, 0.29) is 18.5 Å². The molecular formula is C11H24N4O3S. The van der Waals surface area contributed by atoms with Crippen LogP contribution in [0.4, 0.5) is 0 Å². The van der Waals surface area contributed by atoms with Crippen LogP contribution in [0, 0.1) is 0 Å². The van der Waals surface area contributed by atoms with E-state index in [9.17, 15) is 13.2 Å². The van der Waals surface area contributed by atoms with Gasteiger partial charge in [0, 0.05) is 32.7 Å². The fourth-order valence-electron chi connectivity index (χ4n) is 1.90. The third kappa shape index (κ3) is 5.06. The summed E-state index contributed by atoms with van der Waals surface area (Å²) in [5, 5.41) is 5.84.